The number of hydrogen-bond acceptors (Lipinski definition) is 4. The van der Waals surface area contributed by atoms with Gasteiger partial charge in [0.15, 0.2) is 0 Å². The van der Waals surface area contributed by atoms with Crippen molar-refractivity contribution in [2.45, 2.75) is 4.90 Å². The van der Waals surface area contributed by atoms with Crippen LogP contribution in [0, 0.1) is 5.82 Å². The average molecular weight is 513 g/mol. The van der Waals surface area contributed by atoms with Gasteiger partial charge in [-0.2, -0.15) is 0 Å². The largest absolute Gasteiger partial charge is 0.506 e. The maximum absolute atomic E-state index is 13.3. The Morgan fingerprint density at radius 1 is 0.757 bits per heavy atom. The van der Waals surface area contributed by atoms with Crippen LogP contribution in [0.15, 0.2) is 114 Å². The number of carbonyl (C=O) groups is 1. The summed E-state index contributed by atoms with van der Waals surface area (Å²) >= 11 is 0. The lowest BCUT2D eigenvalue weighted by Crippen LogP contribution is -2.15. The van der Waals surface area contributed by atoms with Crippen LogP contribution in [0.25, 0.3) is 21.9 Å². The van der Waals surface area contributed by atoms with Crippen LogP contribution in [0.3, 0.4) is 0 Å². The van der Waals surface area contributed by atoms with Crippen molar-refractivity contribution < 1.29 is 22.7 Å². The molecule has 0 saturated heterocycles. The first-order chi connectivity index (χ1) is 17.8. The summed E-state index contributed by atoms with van der Waals surface area (Å²) in [6.45, 7) is 0. The number of aromatic hydroxyl groups is 1. The highest BCUT2D eigenvalue weighted by Gasteiger charge is 2.18. The van der Waals surface area contributed by atoms with Gasteiger partial charge in [-0.05, 0) is 70.4 Å². The van der Waals surface area contributed by atoms with E-state index in [1.54, 1.807) is 6.07 Å². The third-order valence-corrected chi connectivity index (χ3v) is 7.26. The average Bonchev–Trinajstić information content (AvgIpc) is 2.90. The van der Waals surface area contributed by atoms with Crippen LogP contribution in [0.1, 0.15) is 10.4 Å². The Bertz CT molecular complexity index is 1720. The topological polar surface area (TPSA) is 95.5 Å². The highest BCUT2D eigenvalue weighted by molar-refractivity contribution is 7.92. The van der Waals surface area contributed by atoms with Crippen LogP contribution < -0.4 is 10.0 Å². The normalized spacial score (nSPS) is 11.3. The first-order valence-electron chi connectivity index (χ1n) is 11.3. The van der Waals surface area contributed by atoms with E-state index in [2.05, 4.69) is 10.0 Å². The quantitative estimate of drug-likeness (QED) is 0.181. The van der Waals surface area contributed by atoms with Crippen molar-refractivity contribution in [3.05, 3.63) is 121 Å². The molecule has 0 unspecified atom stereocenters. The Morgan fingerprint density at radius 2 is 1.43 bits per heavy atom. The van der Waals surface area contributed by atoms with Crippen LogP contribution in [0.2, 0.25) is 0 Å². The second kappa shape index (κ2) is 9.75. The van der Waals surface area contributed by atoms with E-state index in [1.165, 1.54) is 18.2 Å². The van der Waals surface area contributed by atoms with Crippen molar-refractivity contribution in [1.29, 1.82) is 0 Å². The summed E-state index contributed by atoms with van der Waals surface area (Å²) in [5, 5.41) is 14.7. The number of anilines is 2. The van der Waals surface area contributed by atoms with Gasteiger partial charge in [-0.25, -0.2) is 12.8 Å². The number of amides is 1. The molecule has 3 N–H and O–H groups in total. The molecule has 5 rings (SSSR count). The number of carbonyl (C=O) groups excluding carboxylic acids is 1. The first-order valence-corrected chi connectivity index (χ1v) is 12.8. The molecule has 6 nitrogen and oxygen atoms in total. The molecule has 184 valence electrons. The van der Waals surface area contributed by atoms with E-state index >= 15 is 0 Å². The van der Waals surface area contributed by atoms with E-state index in [0.717, 1.165) is 46.2 Å². The molecule has 8 heteroatoms. The van der Waals surface area contributed by atoms with Crippen LogP contribution in [-0.2, 0) is 10.0 Å². The predicted molar refractivity (Wildman–Crippen MR) is 143 cm³/mol. The molecule has 0 atom stereocenters. The van der Waals surface area contributed by atoms with Crippen LogP contribution >= 0.6 is 0 Å². The minimum Gasteiger partial charge on any atom is -0.506 e. The number of rotatable bonds is 6. The second-order valence-electron chi connectivity index (χ2n) is 8.32. The fourth-order valence-corrected chi connectivity index (χ4v) is 5.14. The molecule has 0 radical (unpaired) electrons. The lowest BCUT2D eigenvalue weighted by atomic mass is 9.95. The maximum atomic E-state index is 13.3. The lowest BCUT2D eigenvalue weighted by Gasteiger charge is -2.14. The number of benzene rings is 5. The number of nitrogens with one attached hydrogen (secondary N) is 2. The fourth-order valence-electron chi connectivity index (χ4n) is 4.08. The molecular formula is C29H21FN2O4S. The first kappa shape index (κ1) is 24.0. The predicted octanol–water partition coefficient (Wildman–Crippen LogP) is 6.40. The zero-order valence-corrected chi connectivity index (χ0v) is 20.2. The number of hydrogen-bond donors (Lipinski definition) is 3. The van der Waals surface area contributed by atoms with Gasteiger partial charge >= 0.3 is 0 Å². The summed E-state index contributed by atoms with van der Waals surface area (Å²) in [5.74, 6) is -1.30. The molecule has 5 aromatic carbocycles. The van der Waals surface area contributed by atoms with Crippen LogP contribution in [0.4, 0.5) is 15.8 Å². The Hall–Kier alpha value is -4.69. The van der Waals surface area contributed by atoms with Crippen molar-refractivity contribution in [3.8, 4) is 16.9 Å². The summed E-state index contributed by atoms with van der Waals surface area (Å²) in [4.78, 5) is 13.1. The molecule has 0 saturated carbocycles. The van der Waals surface area contributed by atoms with Gasteiger partial charge in [0.25, 0.3) is 15.9 Å². The highest BCUT2D eigenvalue weighted by atomic mass is 32.2. The fraction of sp³-hybridized carbons (Fsp3) is 0. The molecule has 0 heterocycles. The van der Waals surface area contributed by atoms with Crippen molar-refractivity contribution in [3.63, 3.8) is 0 Å². The van der Waals surface area contributed by atoms with E-state index in [0.29, 0.717) is 5.56 Å². The zero-order chi connectivity index (χ0) is 26.0. The van der Waals surface area contributed by atoms with Gasteiger partial charge in [0.1, 0.15) is 11.6 Å². The van der Waals surface area contributed by atoms with Gasteiger partial charge < -0.3 is 10.4 Å². The minimum atomic E-state index is -4.10. The molecule has 0 aliphatic rings. The van der Waals surface area contributed by atoms with Gasteiger partial charge in [-0.15, -0.1) is 0 Å². The van der Waals surface area contributed by atoms with E-state index in [1.807, 2.05) is 60.7 Å². The summed E-state index contributed by atoms with van der Waals surface area (Å²) in [7, 11) is -4.10. The van der Waals surface area contributed by atoms with E-state index in [9.17, 15) is 22.7 Å². The van der Waals surface area contributed by atoms with Crippen molar-refractivity contribution in [1.82, 2.24) is 0 Å². The van der Waals surface area contributed by atoms with Crippen LogP contribution in [-0.4, -0.2) is 19.4 Å². The molecule has 0 spiro atoms. The molecule has 1 amide bonds. The Balaban J connectivity index is 1.44. The molecule has 0 aromatic heterocycles. The number of phenolic OH excluding ortho intramolecular Hbond substituents is 1. The summed E-state index contributed by atoms with van der Waals surface area (Å²) in [5.41, 5.74) is 2.61. The van der Waals surface area contributed by atoms with Gasteiger partial charge in [-0.3, -0.25) is 9.52 Å². The van der Waals surface area contributed by atoms with Gasteiger partial charge in [0.05, 0.1) is 10.6 Å². The van der Waals surface area contributed by atoms with Gasteiger partial charge in [-0.1, -0.05) is 60.7 Å². The van der Waals surface area contributed by atoms with Crippen molar-refractivity contribution in [2.24, 2.45) is 0 Å². The lowest BCUT2D eigenvalue weighted by molar-refractivity contribution is 0.102. The van der Waals surface area contributed by atoms with E-state index < -0.39 is 21.7 Å². The number of fused-ring (bicyclic) bond motifs is 1. The highest BCUT2D eigenvalue weighted by Crippen LogP contribution is 2.32. The Kier molecular flexibility index (Phi) is 6.33. The molecule has 0 aliphatic heterocycles. The third-order valence-electron chi connectivity index (χ3n) is 5.88. The number of sulfonamides is 1. The summed E-state index contributed by atoms with van der Waals surface area (Å²) < 4.78 is 40.8. The van der Waals surface area contributed by atoms with E-state index in [-0.39, 0.29) is 22.0 Å². The van der Waals surface area contributed by atoms with Crippen molar-refractivity contribution >= 4 is 38.1 Å². The smallest absolute Gasteiger partial charge is 0.262 e. The summed E-state index contributed by atoms with van der Waals surface area (Å²) in [6, 6.07) is 29.4. The monoisotopic (exact) mass is 512 g/mol. The third kappa shape index (κ3) is 5.00. The van der Waals surface area contributed by atoms with Gasteiger partial charge in [0.2, 0.25) is 0 Å². The second-order valence-corrected chi connectivity index (χ2v) is 10.0. The summed E-state index contributed by atoms with van der Waals surface area (Å²) in [6.07, 6.45) is 0. The molecule has 0 aliphatic carbocycles. The standard InChI is InChI=1S/C29H21FN2O4S/c30-20-10-13-22(14-11-20)37(35,36)32-27-18-21(12-17-28(27)33)31-29(34)26-16-15-23(19-6-2-1-3-7-19)24-8-4-5-9-25(24)26/h1-18,32-33H,(H,31,34). The number of halogens is 1. The molecule has 37 heavy (non-hydrogen) atoms. The van der Waals surface area contributed by atoms with Gasteiger partial charge in [0, 0.05) is 11.3 Å². The van der Waals surface area contributed by atoms with Crippen molar-refractivity contribution in [2.75, 3.05) is 10.0 Å². The molecule has 0 bridgehead atoms. The van der Waals surface area contributed by atoms with E-state index in [4.69, 9.17) is 0 Å². The molecule has 0 fully saturated rings. The molecule has 5 aromatic rings. The zero-order valence-electron chi connectivity index (χ0n) is 19.4. The Labute approximate surface area is 213 Å². The Morgan fingerprint density at radius 3 is 2.16 bits per heavy atom. The SMILES string of the molecule is O=C(Nc1ccc(O)c(NS(=O)(=O)c2ccc(F)cc2)c1)c1ccc(-c2ccccc2)c2ccccc12. The molecular weight excluding hydrogens is 491 g/mol. The number of phenols is 1. The minimum absolute atomic E-state index is 0.133. The maximum Gasteiger partial charge on any atom is 0.262 e. The van der Waals surface area contributed by atoms with Crippen LogP contribution in [0.5, 0.6) is 5.75 Å².